The van der Waals surface area contributed by atoms with Gasteiger partial charge in [-0.1, -0.05) is 38.1 Å². The molecule has 0 aliphatic rings. The molecular formula is C22H30O6. The molecule has 28 heavy (non-hydrogen) atoms. The zero-order valence-corrected chi connectivity index (χ0v) is 17.4. The maximum Gasteiger partial charge on any atom is 0.311 e. The minimum atomic E-state index is -0.722. The number of ketones is 2. The lowest BCUT2D eigenvalue weighted by molar-refractivity contribution is -0.151. The lowest BCUT2D eigenvalue weighted by atomic mass is 9.86. The Hall–Kier alpha value is -2.50. The molecule has 0 radical (unpaired) electrons. The maximum absolute atomic E-state index is 12.4. The molecular weight excluding hydrogens is 360 g/mol. The molecule has 0 unspecified atom stereocenters. The number of methoxy groups -OCH3 is 1. The van der Waals surface area contributed by atoms with Crippen LogP contribution in [0.25, 0.3) is 0 Å². The van der Waals surface area contributed by atoms with Crippen molar-refractivity contribution in [2.75, 3.05) is 13.7 Å². The van der Waals surface area contributed by atoms with Crippen molar-refractivity contribution in [2.45, 2.75) is 53.4 Å². The number of esters is 1. The van der Waals surface area contributed by atoms with Crippen molar-refractivity contribution >= 4 is 24.0 Å². The van der Waals surface area contributed by atoms with E-state index in [1.54, 1.807) is 38.1 Å². The Bertz CT molecular complexity index is 700. The van der Waals surface area contributed by atoms with Gasteiger partial charge in [0, 0.05) is 24.0 Å². The highest BCUT2D eigenvalue weighted by Crippen LogP contribution is 2.26. The van der Waals surface area contributed by atoms with E-state index in [1.807, 2.05) is 13.8 Å². The van der Waals surface area contributed by atoms with Crippen LogP contribution in [-0.4, -0.2) is 37.7 Å². The highest BCUT2D eigenvalue weighted by atomic mass is 16.5. The molecule has 154 valence electrons. The molecule has 0 fully saturated rings. The normalized spacial score (nSPS) is 11.6. The van der Waals surface area contributed by atoms with Gasteiger partial charge in [-0.25, -0.2) is 0 Å². The van der Waals surface area contributed by atoms with Crippen LogP contribution in [0.5, 0.6) is 0 Å². The lowest BCUT2D eigenvalue weighted by Crippen LogP contribution is -2.26. The molecule has 1 aromatic carbocycles. The molecule has 0 saturated heterocycles. The summed E-state index contributed by atoms with van der Waals surface area (Å²) in [6.45, 7) is 8.03. The van der Waals surface area contributed by atoms with Crippen LogP contribution < -0.4 is 0 Å². The second-order valence-corrected chi connectivity index (χ2v) is 8.37. The van der Waals surface area contributed by atoms with Crippen molar-refractivity contribution in [1.82, 2.24) is 0 Å². The molecule has 1 aromatic rings. The van der Waals surface area contributed by atoms with Gasteiger partial charge in [0.15, 0.2) is 11.6 Å². The largest absolute Gasteiger partial charge is 0.469 e. The zero-order valence-electron chi connectivity index (χ0n) is 17.4. The maximum atomic E-state index is 12.4. The molecule has 0 atom stereocenters. The Kier molecular flexibility index (Phi) is 8.54. The van der Waals surface area contributed by atoms with Crippen LogP contribution in [0.4, 0.5) is 0 Å². The Balaban J connectivity index is 2.62. The molecule has 0 spiro atoms. The quantitative estimate of drug-likeness (QED) is 0.304. The van der Waals surface area contributed by atoms with E-state index in [0.717, 1.165) is 0 Å². The molecule has 0 N–H and O–H groups in total. The Morgan fingerprint density at radius 3 is 1.79 bits per heavy atom. The van der Waals surface area contributed by atoms with E-state index in [9.17, 15) is 19.2 Å². The molecule has 0 aromatic heterocycles. The smallest absolute Gasteiger partial charge is 0.311 e. The highest BCUT2D eigenvalue weighted by molar-refractivity contribution is 5.99. The van der Waals surface area contributed by atoms with Gasteiger partial charge in [-0.3, -0.25) is 19.2 Å². The van der Waals surface area contributed by atoms with Gasteiger partial charge in [-0.15, -0.1) is 0 Å². The number of Topliss-reactive ketones (excluding diaryl/α,β-unsaturated/α-hetero) is 2. The summed E-state index contributed by atoms with van der Waals surface area (Å²) >= 11 is 0. The van der Waals surface area contributed by atoms with Crippen LogP contribution >= 0.6 is 0 Å². The van der Waals surface area contributed by atoms with E-state index in [4.69, 9.17) is 9.47 Å². The number of ether oxygens (including phenoxy) is 2. The minimum absolute atomic E-state index is 0.0231. The van der Waals surface area contributed by atoms with Gasteiger partial charge in [0.2, 0.25) is 0 Å². The van der Waals surface area contributed by atoms with Crippen LogP contribution in [0.1, 0.15) is 74.1 Å². The molecule has 0 bridgehead atoms. The zero-order chi connectivity index (χ0) is 21.4. The summed E-state index contributed by atoms with van der Waals surface area (Å²) in [5.41, 5.74) is 0.0510. The second kappa shape index (κ2) is 10.2. The van der Waals surface area contributed by atoms with E-state index in [-0.39, 0.29) is 36.0 Å². The van der Waals surface area contributed by atoms with E-state index < -0.39 is 5.41 Å². The summed E-state index contributed by atoms with van der Waals surface area (Å²) in [5, 5.41) is 0. The summed E-state index contributed by atoms with van der Waals surface area (Å²) in [4.78, 5) is 46.7. The van der Waals surface area contributed by atoms with Crippen LogP contribution in [0, 0.1) is 10.8 Å². The summed E-state index contributed by atoms with van der Waals surface area (Å²) < 4.78 is 9.54. The van der Waals surface area contributed by atoms with Gasteiger partial charge in [0.05, 0.1) is 19.1 Å². The topological polar surface area (TPSA) is 86.7 Å². The fraction of sp³-hybridized carbons (Fsp3) is 0.545. The van der Waals surface area contributed by atoms with Crippen molar-refractivity contribution in [2.24, 2.45) is 10.8 Å². The number of rotatable bonds is 12. The number of carbonyl (C=O) groups excluding carboxylic acids is 4. The first kappa shape index (κ1) is 23.5. The third kappa shape index (κ3) is 7.25. The molecule has 0 aliphatic heterocycles. The van der Waals surface area contributed by atoms with Crippen LogP contribution in [0.15, 0.2) is 24.3 Å². The fourth-order valence-corrected chi connectivity index (χ4v) is 2.72. The van der Waals surface area contributed by atoms with Crippen molar-refractivity contribution in [3.05, 3.63) is 35.4 Å². The lowest BCUT2D eigenvalue weighted by Gasteiger charge is -2.22. The van der Waals surface area contributed by atoms with Crippen molar-refractivity contribution < 1.29 is 28.7 Å². The van der Waals surface area contributed by atoms with Gasteiger partial charge in [-0.05, 0) is 32.1 Å². The van der Waals surface area contributed by atoms with Crippen molar-refractivity contribution in [3.63, 3.8) is 0 Å². The number of hydrogen-bond acceptors (Lipinski definition) is 6. The first-order valence-corrected chi connectivity index (χ1v) is 9.32. The predicted molar refractivity (Wildman–Crippen MR) is 105 cm³/mol. The first-order valence-electron chi connectivity index (χ1n) is 9.32. The third-order valence-corrected chi connectivity index (χ3v) is 4.81. The standard InChI is InChI=1S/C22H30O6/c1-21(2,14-28-15-23)12-10-18(24)16-6-8-17(9-7-16)19(25)11-13-22(3,4)20(26)27-5/h6-9,15H,10-14H2,1-5H3. The SMILES string of the molecule is COC(=O)C(C)(C)CCC(=O)c1ccc(C(=O)CCC(C)(C)COC=O)cc1. The Morgan fingerprint density at radius 2 is 1.36 bits per heavy atom. The van der Waals surface area contributed by atoms with Crippen molar-refractivity contribution in [3.8, 4) is 0 Å². The molecule has 0 aliphatic carbocycles. The molecule has 0 amide bonds. The van der Waals surface area contributed by atoms with Gasteiger partial charge in [0.25, 0.3) is 6.47 Å². The van der Waals surface area contributed by atoms with Crippen LogP contribution in [0.3, 0.4) is 0 Å². The van der Waals surface area contributed by atoms with Crippen LogP contribution in [0.2, 0.25) is 0 Å². The van der Waals surface area contributed by atoms with Gasteiger partial charge >= 0.3 is 5.97 Å². The van der Waals surface area contributed by atoms with Gasteiger partial charge in [-0.2, -0.15) is 0 Å². The number of hydrogen-bond donors (Lipinski definition) is 0. The molecule has 6 heteroatoms. The Morgan fingerprint density at radius 1 is 0.893 bits per heavy atom. The van der Waals surface area contributed by atoms with Gasteiger partial charge < -0.3 is 9.47 Å². The van der Waals surface area contributed by atoms with E-state index in [1.165, 1.54) is 7.11 Å². The summed E-state index contributed by atoms with van der Waals surface area (Å²) in [7, 11) is 1.33. The van der Waals surface area contributed by atoms with E-state index in [0.29, 0.717) is 36.9 Å². The minimum Gasteiger partial charge on any atom is -0.469 e. The van der Waals surface area contributed by atoms with E-state index in [2.05, 4.69) is 0 Å². The van der Waals surface area contributed by atoms with Crippen LogP contribution in [-0.2, 0) is 19.1 Å². The molecule has 0 saturated carbocycles. The highest BCUT2D eigenvalue weighted by Gasteiger charge is 2.29. The average Bonchev–Trinajstić information content (AvgIpc) is 2.68. The van der Waals surface area contributed by atoms with E-state index >= 15 is 0 Å². The molecule has 6 nitrogen and oxygen atoms in total. The Labute approximate surface area is 166 Å². The van der Waals surface area contributed by atoms with Gasteiger partial charge in [0.1, 0.15) is 0 Å². The fourth-order valence-electron chi connectivity index (χ4n) is 2.72. The number of benzene rings is 1. The third-order valence-electron chi connectivity index (χ3n) is 4.81. The predicted octanol–water partition coefficient (Wildman–Crippen LogP) is 4.01. The molecule has 0 heterocycles. The average molecular weight is 390 g/mol. The van der Waals surface area contributed by atoms with Crippen molar-refractivity contribution in [1.29, 1.82) is 0 Å². The molecule has 1 rings (SSSR count). The monoisotopic (exact) mass is 390 g/mol. The summed E-state index contributed by atoms with van der Waals surface area (Å²) in [6.07, 6.45) is 1.52. The second-order valence-electron chi connectivity index (χ2n) is 8.37. The summed E-state index contributed by atoms with van der Waals surface area (Å²) in [5.74, 6) is -0.448. The first-order chi connectivity index (χ1) is 13.0. The number of carbonyl (C=O) groups is 4. The summed E-state index contributed by atoms with van der Waals surface area (Å²) in [6, 6.07) is 6.58.